The molecule has 1 heterocycles. The summed E-state index contributed by atoms with van der Waals surface area (Å²) in [5, 5.41) is 3.16. The Bertz CT molecular complexity index is 1700. The molecule has 0 saturated carbocycles. The van der Waals surface area contributed by atoms with Gasteiger partial charge in [-0.1, -0.05) is 109 Å². The van der Waals surface area contributed by atoms with E-state index in [2.05, 4.69) is 58.8 Å². The largest absolute Gasteiger partial charge is 0.448 e. The Morgan fingerprint density at radius 1 is 0.854 bits per heavy atom. The average molecular weight is 644 g/mol. The minimum Gasteiger partial charge on any atom is -0.448 e. The highest BCUT2D eigenvalue weighted by Crippen LogP contribution is 2.44. The van der Waals surface area contributed by atoms with Crippen molar-refractivity contribution in [1.29, 1.82) is 0 Å². The standard InChI is InChI=1S/C40H41N3O5/c1-40(2,3)48-36-22-29(38(45)41-23-34(27-14-6-4-7-15-27)28-16-8-5-9-17-28)24-43(37(36)42-26-44)39(46)47-25-35-32-20-12-10-18-30(32)31-19-11-13-21-33(31)35/h4-21,29,34-37H,22-25H2,1-3H3,(H,41,45)/t29-,36-,37?/m1/s1. The maximum Gasteiger partial charge on any atom is 0.411 e. The summed E-state index contributed by atoms with van der Waals surface area (Å²) in [6.45, 7) is 6.15. The van der Waals surface area contributed by atoms with E-state index >= 15 is 0 Å². The maximum atomic E-state index is 13.9. The molecule has 246 valence electrons. The topological polar surface area (TPSA) is 97.3 Å². The van der Waals surface area contributed by atoms with E-state index in [1.165, 1.54) is 4.90 Å². The third kappa shape index (κ3) is 7.25. The van der Waals surface area contributed by atoms with Crippen LogP contribution >= 0.6 is 0 Å². The molecule has 0 aromatic heterocycles. The van der Waals surface area contributed by atoms with Crippen LogP contribution in [0.25, 0.3) is 11.1 Å². The van der Waals surface area contributed by atoms with E-state index in [0.717, 1.165) is 33.4 Å². The molecule has 8 nitrogen and oxygen atoms in total. The summed E-state index contributed by atoms with van der Waals surface area (Å²) in [5.74, 6) is -1.04. The molecule has 48 heavy (non-hydrogen) atoms. The zero-order valence-electron chi connectivity index (χ0n) is 27.5. The molecule has 1 saturated heterocycles. The lowest BCUT2D eigenvalue weighted by Crippen LogP contribution is -2.58. The Hall–Kier alpha value is -5.04. The summed E-state index contributed by atoms with van der Waals surface area (Å²) in [6.07, 6.45) is -0.472. The SMILES string of the molecule is CC(C)(C)O[C@@H]1C[C@@H](C(=O)NCC(c2ccccc2)c2ccccc2)CN(C(=O)OCC2c3ccccc3-c3ccccc32)C1N=C=O. The first-order valence-electron chi connectivity index (χ1n) is 16.5. The van der Waals surface area contributed by atoms with Crippen molar-refractivity contribution in [2.45, 2.75) is 56.9 Å². The Labute approximate surface area is 281 Å². The third-order valence-electron chi connectivity index (χ3n) is 9.10. The lowest BCUT2D eigenvalue weighted by Gasteiger charge is -2.42. The molecule has 4 aromatic rings. The van der Waals surface area contributed by atoms with Gasteiger partial charge in [-0.2, -0.15) is 4.99 Å². The van der Waals surface area contributed by atoms with Crippen LogP contribution in [0.4, 0.5) is 4.79 Å². The van der Waals surface area contributed by atoms with Gasteiger partial charge in [-0.3, -0.25) is 9.69 Å². The van der Waals surface area contributed by atoms with Crippen molar-refractivity contribution in [1.82, 2.24) is 10.2 Å². The number of likely N-dealkylation sites (tertiary alicyclic amines) is 1. The zero-order valence-corrected chi connectivity index (χ0v) is 27.5. The van der Waals surface area contributed by atoms with Crippen molar-refractivity contribution < 1.29 is 23.9 Å². The molecule has 2 amide bonds. The number of ether oxygens (including phenoxy) is 2. The zero-order chi connectivity index (χ0) is 33.7. The second-order valence-electron chi connectivity index (χ2n) is 13.4. The summed E-state index contributed by atoms with van der Waals surface area (Å²) in [4.78, 5) is 44.8. The average Bonchev–Trinajstić information content (AvgIpc) is 3.41. The van der Waals surface area contributed by atoms with Crippen LogP contribution in [0, 0.1) is 5.92 Å². The van der Waals surface area contributed by atoms with Crippen LogP contribution in [0.15, 0.2) is 114 Å². The fraction of sp³-hybridized carbons (Fsp3) is 0.325. The molecule has 4 aromatic carbocycles. The molecular weight excluding hydrogens is 602 g/mol. The Balaban J connectivity index is 1.22. The number of fused-ring (bicyclic) bond motifs is 3. The minimum atomic E-state index is -0.984. The van der Waals surface area contributed by atoms with Gasteiger partial charge in [0.05, 0.1) is 11.5 Å². The van der Waals surface area contributed by atoms with Crippen LogP contribution < -0.4 is 5.32 Å². The van der Waals surface area contributed by atoms with Crippen molar-refractivity contribution >= 4 is 18.1 Å². The summed E-state index contributed by atoms with van der Waals surface area (Å²) in [6, 6.07) is 36.3. The molecule has 1 aliphatic carbocycles. The van der Waals surface area contributed by atoms with Crippen LogP contribution in [0.1, 0.15) is 61.3 Å². The molecule has 8 heteroatoms. The normalized spacial score (nSPS) is 18.8. The number of isocyanates is 1. The van der Waals surface area contributed by atoms with Gasteiger partial charge < -0.3 is 14.8 Å². The number of rotatable bonds is 9. The number of hydrogen-bond donors (Lipinski definition) is 1. The molecular formula is C40H41N3O5. The highest BCUT2D eigenvalue weighted by molar-refractivity contribution is 5.81. The van der Waals surface area contributed by atoms with E-state index < -0.39 is 29.9 Å². The smallest absolute Gasteiger partial charge is 0.411 e. The van der Waals surface area contributed by atoms with Crippen LogP contribution in [0.5, 0.6) is 0 Å². The van der Waals surface area contributed by atoms with Crippen LogP contribution in [-0.4, -0.2) is 60.5 Å². The van der Waals surface area contributed by atoms with Gasteiger partial charge in [0.15, 0.2) is 6.17 Å². The number of hydrogen-bond acceptors (Lipinski definition) is 6. The van der Waals surface area contributed by atoms with E-state index in [9.17, 15) is 14.4 Å². The van der Waals surface area contributed by atoms with Gasteiger partial charge in [-0.25, -0.2) is 9.59 Å². The lowest BCUT2D eigenvalue weighted by atomic mass is 9.90. The minimum absolute atomic E-state index is 0.0176. The first kappa shape index (κ1) is 32.9. The number of nitrogens with one attached hydrogen (secondary N) is 1. The van der Waals surface area contributed by atoms with Gasteiger partial charge in [0, 0.05) is 24.9 Å². The van der Waals surface area contributed by atoms with E-state index in [1.54, 1.807) is 6.08 Å². The number of carbonyl (C=O) groups excluding carboxylic acids is 3. The fourth-order valence-corrected chi connectivity index (χ4v) is 6.99. The summed E-state index contributed by atoms with van der Waals surface area (Å²) >= 11 is 0. The predicted octanol–water partition coefficient (Wildman–Crippen LogP) is 7.05. The van der Waals surface area contributed by atoms with Crippen LogP contribution in [0.3, 0.4) is 0 Å². The first-order chi connectivity index (χ1) is 23.2. The molecule has 0 bridgehead atoms. The number of carbonyl (C=O) groups is 2. The number of nitrogens with zero attached hydrogens (tertiary/aromatic N) is 2. The molecule has 3 atom stereocenters. The van der Waals surface area contributed by atoms with Crippen molar-refractivity contribution in [3.63, 3.8) is 0 Å². The number of benzene rings is 4. The van der Waals surface area contributed by atoms with Crippen molar-refractivity contribution in [2.75, 3.05) is 19.7 Å². The van der Waals surface area contributed by atoms with Gasteiger partial charge >= 0.3 is 6.09 Å². The molecule has 0 spiro atoms. The molecule has 1 N–H and O–H groups in total. The Kier molecular flexibility index (Phi) is 9.85. The van der Waals surface area contributed by atoms with Crippen LogP contribution in [-0.2, 0) is 19.1 Å². The van der Waals surface area contributed by atoms with Crippen LogP contribution in [0.2, 0.25) is 0 Å². The van der Waals surface area contributed by atoms with Crippen molar-refractivity contribution in [3.8, 4) is 11.1 Å². The predicted molar refractivity (Wildman–Crippen MR) is 184 cm³/mol. The highest BCUT2D eigenvalue weighted by Gasteiger charge is 2.44. The van der Waals surface area contributed by atoms with E-state index in [1.807, 2.05) is 81.4 Å². The van der Waals surface area contributed by atoms with Gasteiger partial charge in [0.25, 0.3) is 0 Å². The molecule has 0 radical (unpaired) electrons. The quantitative estimate of drug-likeness (QED) is 0.156. The summed E-state index contributed by atoms with van der Waals surface area (Å²) in [5.41, 5.74) is 5.96. The number of piperidine rings is 1. The molecule has 2 aliphatic rings. The Morgan fingerprint density at radius 3 is 1.94 bits per heavy atom. The molecule has 1 aliphatic heterocycles. The van der Waals surface area contributed by atoms with Gasteiger partial charge in [-0.15, -0.1) is 0 Å². The highest BCUT2D eigenvalue weighted by atomic mass is 16.6. The number of aliphatic imine (C=N–C) groups is 1. The van der Waals surface area contributed by atoms with E-state index in [-0.39, 0.29) is 37.3 Å². The maximum absolute atomic E-state index is 13.9. The molecule has 1 unspecified atom stereocenters. The van der Waals surface area contributed by atoms with Crippen molar-refractivity contribution in [2.24, 2.45) is 10.9 Å². The van der Waals surface area contributed by atoms with Gasteiger partial charge in [0.2, 0.25) is 12.0 Å². The summed E-state index contributed by atoms with van der Waals surface area (Å²) < 4.78 is 12.3. The second kappa shape index (κ2) is 14.4. The second-order valence-corrected chi connectivity index (χ2v) is 13.4. The van der Waals surface area contributed by atoms with E-state index in [4.69, 9.17) is 9.47 Å². The van der Waals surface area contributed by atoms with Gasteiger partial charge in [0.1, 0.15) is 12.7 Å². The van der Waals surface area contributed by atoms with Gasteiger partial charge in [-0.05, 0) is 60.6 Å². The Morgan fingerprint density at radius 2 is 1.40 bits per heavy atom. The molecule has 6 rings (SSSR count). The lowest BCUT2D eigenvalue weighted by molar-refractivity contribution is -0.140. The monoisotopic (exact) mass is 643 g/mol. The first-order valence-corrected chi connectivity index (χ1v) is 16.5. The third-order valence-corrected chi connectivity index (χ3v) is 9.10. The summed E-state index contributed by atoms with van der Waals surface area (Å²) in [7, 11) is 0. The molecule has 1 fully saturated rings. The fourth-order valence-electron chi connectivity index (χ4n) is 6.99. The number of amides is 2. The van der Waals surface area contributed by atoms with Crippen molar-refractivity contribution in [3.05, 3.63) is 131 Å². The van der Waals surface area contributed by atoms with E-state index in [0.29, 0.717) is 6.54 Å².